The van der Waals surface area contributed by atoms with Crippen molar-refractivity contribution < 1.29 is 19.4 Å². The third-order valence-corrected chi connectivity index (χ3v) is 5.70. The predicted molar refractivity (Wildman–Crippen MR) is 138 cm³/mol. The van der Waals surface area contributed by atoms with Crippen molar-refractivity contribution in [1.82, 2.24) is 0 Å². The van der Waals surface area contributed by atoms with Crippen molar-refractivity contribution in [3.8, 4) is 17.6 Å². The highest BCUT2D eigenvalue weighted by Crippen LogP contribution is 2.34. The highest BCUT2D eigenvalue weighted by molar-refractivity contribution is 9.11. The number of nitriles is 1. The van der Waals surface area contributed by atoms with Crippen LogP contribution in [0.4, 0.5) is 11.4 Å². The van der Waals surface area contributed by atoms with E-state index in [0.717, 1.165) is 0 Å². The summed E-state index contributed by atoms with van der Waals surface area (Å²) in [6.45, 7) is -0.339. The number of phenols is 1. The van der Waals surface area contributed by atoms with Crippen molar-refractivity contribution in [2.45, 2.75) is 0 Å². The van der Waals surface area contributed by atoms with Gasteiger partial charge >= 0.3 is 0 Å². The zero-order valence-electron chi connectivity index (χ0n) is 17.3. The number of carbonyl (C=O) groups is 2. The molecule has 2 amide bonds. The van der Waals surface area contributed by atoms with E-state index in [0.29, 0.717) is 30.9 Å². The maximum absolute atomic E-state index is 12.6. The van der Waals surface area contributed by atoms with E-state index in [9.17, 15) is 20.0 Å². The van der Waals surface area contributed by atoms with Gasteiger partial charge in [-0.1, -0.05) is 39.7 Å². The molecule has 0 spiro atoms. The van der Waals surface area contributed by atoms with Gasteiger partial charge in [-0.3, -0.25) is 9.59 Å². The first-order valence-corrected chi connectivity index (χ1v) is 11.6. The second kappa shape index (κ2) is 11.7. The molecule has 34 heavy (non-hydrogen) atoms. The van der Waals surface area contributed by atoms with Gasteiger partial charge in [0.1, 0.15) is 23.1 Å². The average molecular weight is 606 g/mol. The van der Waals surface area contributed by atoms with Crippen LogP contribution in [0.1, 0.15) is 5.56 Å². The molecule has 0 bridgehead atoms. The summed E-state index contributed by atoms with van der Waals surface area (Å²) in [6.07, 6.45) is 1.35. The van der Waals surface area contributed by atoms with E-state index in [2.05, 4.69) is 42.5 Å². The van der Waals surface area contributed by atoms with Crippen LogP contribution in [0, 0.1) is 11.3 Å². The Balaban J connectivity index is 1.80. The molecule has 0 heterocycles. The second-order valence-electron chi connectivity index (χ2n) is 6.79. The largest absolute Gasteiger partial charge is 0.508 e. The Labute approximate surface area is 217 Å². The summed E-state index contributed by atoms with van der Waals surface area (Å²) in [7, 11) is 0. The number of para-hydroxylation sites is 1. The van der Waals surface area contributed by atoms with Crippen molar-refractivity contribution in [3.63, 3.8) is 0 Å². The van der Waals surface area contributed by atoms with Gasteiger partial charge in [0.25, 0.3) is 11.8 Å². The quantitative estimate of drug-likeness (QED) is 0.170. The molecular weight excluding hydrogens is 590 g/mol. The number of carbonyl (C=O) groups excluding carboxylic acids is 2. The summed E-state index contributed by atoms with van der Waals surface area (Å²) in [5.74, 6) is -0.772. The van der Waals surface area contributed by atoms with Gasteiger partial charge in [0, 0.05) is 15.7 Å². The van der Waals surface area contributed by atoms with Crippen molar-refractivity contribution in [2.75, 3.05) is 17.2 Å². The van der Waals surface area contributed by atoms with E-state index in [1.807, 2.05) is 6.07 Å². The molecule has 3 N–H and O–H groups in total. The van der Waals surface area contributed by atoms with Gasteiger partial charge in [-0.2, -0.15) is 5.26 Å². The minimum absolute atomic E-state index is 0.0494. The van der Waals surface area contributed by atoms with E-state index in [1.165, 1.54) is 30.3 Å². The van der Waals surface area contributed by atoms with Gasteiger partial charge in [0.2, 0.25) is 0 Å². The fraction of sp³-hybridized carbons (Fsp3) is 0.0417. The summed E-state index contributed by atoms with van der Waals surface area (Å²) >= 11 is 12.8. The molecule has 0 saturated carbocycles. The first-order chi connectivity index (χ1) is 16.3. The lowest BCUT2D eigenvalue weighted by atomic mass is 10.1. The summed E-state index contributed by atoms with van der Waals surface area (Å²) in [5.41, 5.74) is 1.06. The molecular formula is C24H16Br2ClN3O4. The zero-order valence-corrected chi connectivity index (χ0v) is 21.2. The Bertz CT molecular complexity index is 1300. The van der Waals surface area contributed by atoms with Crippen LogP contribution in [-0.4, -0.2) is 23.5 Å². The summed E-state index contributed by atoms with van der Waals surface area (Å²) in [5, 5.41) is 24.6. The lowest BCUT2D eigenvalue weighted by Crippen LogP contribution is -2.20. The van der Waals surface area contributed by atoms with Crippen LogP contribution >= 0.6 is 43.5 Å². The van der Waals surface area contributed by atoms with E-state index >= 15 is 0 Å². The summed E-state index contributed by atoms with van der Waals surface area (Å²) in [4.78, 5) is 25.0. The molecule has 0 aliphatic rings. The SMILES string of the molecule is N#C/C(=C\c1cc(Br)cc(Br)c1OCC(=O)Nc1ccccc1Cl)C(=O)Nc1ccc(O)cc1. The molecule has 0 radical (unpaired) electrons. The molecule has 3 rings (SSSR count). The first-order valence-electron chi connectivity index (χ1n) is 9.65. The Morgan fingerprint density at radius 2 is 1.79 bits per heavy atom. The number of aromatic hydroxyl groups is 1. The average Bonchev–Trinajstić information content (AvgIpc) is 2.79. The molecule has 0 aromatic heterocycles. The minimum atomic E-state index is -0.647. The van der Waals surface area contributed by atoms with Crippen molar-refractivity contribution >= 4 is 72.7 Å². The normalized spacial score (nSPS) is 10.8. The molecule has 10 heteroatoms. The fourth-order valence-corrected chi connectivity index (χ4v) is 4.33. The van der Waals surface area contributed by atoms with Crippen LogP contribution in [0.2, 0.25) is 5.02 Å². The fourth-order valence-electron chi connectivity index (χ4n) is 2.77. The van der Waals surface area contributed by atoms with E-state index < -0.39 is 11.8 Å². The number of hydrogen-bond acceptors (Lipinski definition) is 5. The van der Waals surface area contributed by atoms with E-state index in [-0.39, 0.29) is 23.7 Å². The molecule has 0 atom stereocenters. The number of hydrogen-bond donors (Lipinski definition) is 3. The van der Waals surface area contributed by atoms with Gasteiger partial charge in [0.05, 0.1) is 15.2 Å². The molecule has 0 aliphatic carbocycles. The van der Waals surface area contributed by atoms with Gasteiger partial charge in [-0.15, -0.1) is 0 Å². The highest BCUT2D eigenvalue weighted by atomic mass is 79.9. The maximum atomic E-state index is 12.6. The maximum Gasteiger partial charge on any atom is 0.266 e. The number of halogens is 3. The summed E-state index contributed by atoms with van der Waals surface area (Å²) in [6, 6.07) is 17.9. The number of nitrogens with one attached hydrogen (secondary N) is 2. The van der Waals surface area contributed by atoms with Crippen LogP contribution < -0.4 is 15.4 Å². The topological polar surface area (TPSA) is 111 Å². The summed E-state index contributed by atoms with van der Waals surface area (Å²) < 4.78 is 6.89. The number of ether oxygens (including phenoxy) is 1. The van der Waals surface area contributed by atoms with Crippen molar-refractivity contribution in [1.29, 1.82) is 5.26 Å². The van der Waals surface area contributed by atoms with Crippen LogP contribution in [0.3, 0.4) is 0 Å². The highest BCUT2D eigenvalue weighted by Gasteiger charge is 2.16. The van der Waals surface area contributed by atoms with Gasteiger partial charge in [0.15, 0.2) is 6.61 Å². The first kappa shape index (κ1) is 25.3. The van der Waals surface area contributed by atoms with Crippen LogP contribution in [0.25, 0.3) is 6.08 Å². The Kier molecular flexibility index (Phi) is 8.71. The monoisotopic (exact) mass is 603 g/mol. The lowest BCUT2D eigenvalue weighted by Gasteiger charge is -2.13. The van der Waals surface area contributed by atoms with Crippen LogP contribution in [0.5, 0.6) is 11.5 Å². The molecule has 0 unspecified atom stereocenters. The Morgan fingerprint density at radius 3 is 2.47 bits per heavy atom. The van der Waals surface area contributed by atoms with E-state index in [1.54, 1.807) is 36.4 Å². The van der Waals surface area contributed by atoms with Gasteiger partial charge < -0.3 is 20.5 Å². The van der Waals surface area contributed by atoms with Gasteiger partial charge in [-0.25, -0.2) is 0 Å². The standard InChI is InChI=1S/C24H16Br2ClN3O4/c25-16-10-14(9-15(12-28)24(33)29-17-5-7-18(31)8-6-17)23(19(26)11-16)34-13-22(32)30-21-4-2-1-3-20(21)27/h1-11,31H,13H2,(H,29,33)(H,30,32)/b15-9+. The molecule has 172 valence electrons. The molecule has 3 aromatic carbocycles. The molecule has 0 fully saturated rings. The lowest BCUT2D eigenvalue weighted by molar-refractivity contribution is -0.118. The third-order valence-electron chi connectivity index (χ3n) is 4.32. The van der Waals surface area contributed by atoms with Crippen LogP contribution in [0.15, 0.2) is 75.2 Å². The molecule has 0 aliphatic heterocycles. The Morgan fingerprint density at radius 1 is 1.09 bits per heavy atom. The van der Waals surface area contributed by atoms with Crippen molar-refractivity contribution in [2.24, 2.45) is 0 Å². The number of rotatable bonds is 7. The molecule has 0 saturated heterocycles. The number of amides is 2. The predicted octanol–water partition coefficient (Wildman–Crippen LogP) is 6.13. The van der Waals surface area contributed by atoms with Crippen molar-refractivity contribution in [3.05, 3.63) is 85.8 Å². The second-order valence-corrected chi connectivity index (χ2v) is 8.97. The third kappa shape index (κ3) is 6.84. The molecule has 3 aromatic rings. The van der Waals surface area contributed by atoms with Crippen LogP contribution in [-0.2, 0) is 9.59 Å². The van der Waals surface area contributed by atoms with Gasteiger partial charge in [-0.05, 0) is 70.5 Å². The number of benzene rings is 3. The smallest absolute Gasteiger partial charge is 0.266 e. The zero-order chi connectivity index (χ0) is 24.7. The minimum Gasteiger partial charge on any atom is -0.508 e. The Hall–Kier alpha value is -3.32. The number of phenolic OH excluding ortho intramolecular Hbond substituents is 1. The molecule has 7 nitrogen and oxygen atoms in total. The number of nitrogens with zero attached hydrogens (tertiary/aromatic N) is 1. The van der Waals surface area contributed by atoms with E-state index in [4.69, 9.17) is 16.3 Å². The number of anilines is 2.